The van der Waals surface area contributed by atoms with E-state index in [9.17, 15) is 4.79 Å². The van der Waals surface area contributed by atoms with Crippen LogP contribution >= 0.6 is 11.3 Å². The summed E-state index contributed by atoms with van der Waals surface area (Å²) in [5.74, 6) is 0.854. The normalized spacial score (nSPS) is 11.9. The van der Waals surface area contributed by atoms with Gasteiger partial charge in [0.2, 0.25) is 5.91 Å². The van der Waals surface area contributed by atoms with Gasteiger partial charge in [0.05, 0.1) is 17.7 Å². The van der Waals surface area contributed by atoms with Gasteiger partial charge in [-0.15, -0.1) is 11.3 Å². The van der Waals surface area contributed by atoms with Crippen LogP contribution in [0.3, 0.4) is 0 Å². The van der Waals surface area contributed by atoms with Crippen LogP contribution in [0.4, 0.5) is 0 Å². The molecule has 1 aromatic heterocycles. The Morgan fingerprint density at radius 1 is 1.38 bits per heavy atom. The van der Waals surface area contributed by atoms with Crippen molar-refractivity contribution in [1.29, 1.82) is 0 Å². The lowest BCUT2D eigenvalue weighted by molar-refractivity contribution is -0.121. The van der Waals surface area contributed by atoms with Gasteiger partial charge in [-0.05, 0) is 32.4 Å². The van der Waals surface area contributed by atoms with Crippen LogP contribution in [0.2, 0.25) is 0 Å². The quantitative estimate of drug-likeness (QED) is 0.855. The topological polar surface area (TPSA) is 51.2 Å². The summed E-state index contributed by atoms with van der Waals surface area (Å²) in [5, 5.41) is 4.86. The average Bonchev–Trinajstić information content (AvgIpc) is 2.99. The molecule has 1 aromatic carbocycles. The third kappa shape index (κ3) is 5.55. The molecule has 2 rings (SSSR count). The van der Waals surface area contributed by atoms with E-state index in [1.807, 2.05) is 43.5 Å². The molecule has 0 fully saturated rings. The number of rotatable bonds is 7. The molecule has 0 aliphatic rings. The molecule has 5 heteroatoms. The molecular formula is C16H20N2O2S. The molecule has 21 heavy (non-hydrogen) atoms. The Hall–Kier alpha value is -1.88. The van der Waals surface area contributed by atoms with Gasteiger partial charge >= 0.3 is 0 Å². The highest BCUT2D eigenvalue weighted by atomic mass is 32.1. The number of benzene rings is 1. The first-order chi connectivity index (χ1) is 10.1. The van der Waals surface area contributed by atoms with Gasteiger partial charge in [-0.1, -0.05) is 17.7 Å². The van der Waals surface area contributed by atoms with E-state index in [2.05, 4.69) is 10.3 Å². The number of carbonyl (C=O) groups excluding carboxylic acids is 1. The maximum absolute atomic E-state index is 11.7. The molecule has 1 atom stereocenters. The van der Waals surface area contributed by atoms with Crippen LogP contribution in [-0.2, 0) is 11.2 Å². The molecule has 1 heterocycles. The molecule has 4 nitrogen and oxygen atoms in total. The van der Waals surface area contributed by atoms with E-state index in [0.717, 1.165) is 11.4 Å². The molecular weight excluding hydrogens is 284 g/mol. The van der Waals surface area contributed by atoms with Crippen molar-refractivity contribution in [2.24, 2.45) is 0 Å². The molecule has 112 valence electrons. The summed E-state index contributed by atoms with van der Waals surface area (Å²) in [6, 6.07) is 7.90. The van der Waals surface area contributed by atoms with E-state index in [4.69, 9.17) is 4.74 Å². The van der Waals surface area contributed by atoms with Gasteiger partial charge in [0, 0.05) is 11.8 Å². The van der Waals surface area contributed by atoms with E-state index in [0.29, 0.717) is 19.4 Å². The lowest BCUT2D eigenvalue weighted by atomic mass is 10.2. The van der Waals surface area contributed by atoms with Gasteiger partial charge in [-0.2, -0.15) is 0 Å². The minimum Gasteiger partial charge on any atom is -0.489 e. The number of nitrogens with one attached hydrogen (secondary N) is 1. The van der Waals surface area contributed by atoms with Crippen molar-refractivity contribution in [3.8, 4) is 5.75 Å². The smallest absolute Gasteiger partial charge is 0.220 e. The minimum atomic E-state index is -0.0593. The lowest BCUT2D eigenvalue weighted by Gasteiger charge is -2.15. The van der Waals surface area contributed by atoms with Crippen molar-refractivity contribution >= 4 is 17.2 Å². The van der Waals surface area contributed by atoms with Gasteiger partial charge in [-0.25, -0.2) is 4.98 Å². The van der Waals surface area contributed by atoms with Crippen molar-refractivity contribution in [3.05, 3.63) is 46.4 Å². The number of thiazole rings is 1. The Morgan fingerprint density at radius 3 is 2.81 bits per heavy atom. The molecule has 0 radical (unpaired) electrons. The highest BCUT2D eigenvalue weighted by molar-refractivity contribution is 7.07. The molecule has 0 aliphatic carbocycles. The number of hydrogen-bond acceptors (Lipinski definition) is 4. The molecule has 1 N–H and O–H groups in total. The van der Waals surface area contributed by atoms with Gasteiger partial charge in [0.15, 0.2) is 0 Å². The van der Waals surface area contributed by atoms with Crippen molar-refractivity contribution in [2.75, 3.05) is 6.54 Å². The summed E-state index contributed by atoms with van der Waals surface area (Å²) in [5.41, 5.74) is 3.95. The largest absolute Gasteiger partial charge is 0.489 e. The van der Waals surface area contributed by atoms with Crippen molar-refractivity contribution < 1.29 is 9.53 Å². The number of carbonyl (C=O) groups is 1. The number of amides is 1. The molecule has 0 aliphatic heterocycles. The Morgan fingerprint density at radius 2 is 2.14 bits per heavy atom. The lowest BCUT2D eigenvalue weighted by Crippen LogP contribution is -2.33. The number of aromatic nitrogens is 1. The van der Waals surface area contributed by atoms with Crippen LogP contribution in [0.1, 0.15) is 24.6 Å². The molecule has 0 saturated carbocycles. The van der Waals surface area contributed by atoms with E-state index < -0.39 is 0 Å². The fourth-order valence-corrected chi connectivity index (χ4v) is 2.43. The minimum absolute atomic E-state index is 0.0300. The zero-order valence-corrected chi connectivity index (χ0v) is 13.2. The van der Waals surface area contributed by atoms with Crippen molar-refractivity contribution in [1.82, 2.24) is 10.3 Å². The Balaban J connectivity index is 1.67. The fraction of sp³-hybridized carbons (Fsp3) is 0.375. The second kappa shape index (κ2) is 7.78. The van der Waals surface area contributed by atoms with Gasteiger partial charge in [-0.3, -0.25) is 4.79 Å². The van der Waals surface area contributed by atoms with E-state index >= 15 is 0 Å². The van der Waals surface area contributed by atoms with Crippen LogP contribution in [0, 0.1) is 6.92 Å². The van der Waals surface area contributed by atoms with Crippen LogP contribution in [0.5, 0.6) is 5.75 Å². The Labute approximate surface area is 129 Å². The first-order valence-electron chi connectivity index (χ1n) is 7.00. The Bertz CT molecular complexity index is 552. The summed E-state index contributed by atoms with van der Waals surface area (Å²) in [7, 11) is 0. The zero-order valence-electron chi connectivity index (χ0n) is 12.3. The SMILES string of the molecule is Cc1ccc(O[C@H](C)CNC(=O)CCc2cscn2)cc1. The van der Waals surface area contributed by atoms with Gasteiger partial charge in [0.25, 0.3) is 0 Å². The summed E-state index contributed by atoms with van der Waals surface area (Å²) in [6.07, 6.45) is 1.08. The van der Waals surface area contributed by atoms with Crippen LogP contribution < -0.4 is 10.1 Å². The molecule has 0 unspecified atom stereocenters. The number of hydrogen-bond donors (Lipinski definition) is 1. The fourth-order valence-electron chi connectivity index (χ4n) is 1.84. The summed E-state index contributed by atoms with van der Waals surface area (Å²) in [6.45, 7) is 4.49. The molecule has 0 bridgehead atoms. The van der Waals surface area contributed by atoms with E-state index in [1.54, 1.807) is 16.8 Å². The van der Waals surface area contributed by atoms with Crippen LogP contribution in [-0.4, -0.2) is 23.5 Å². The summed E-state index contributed by atoms with van der Waals surface area (Å²) >= 11 is 1.55. The Kier molecular flexibility index (Phi) is 5.75. The first kappa shape index (κ1) is 15.5. The second-order valence-corrected chi connectivity index (χ2v) is 5.74. The highest BCUT2D eigenvalue weighted by Crippen LogP contribution is 2.13. The highest BCUT2D eigenvalue weighted by Gasteiger charge is 2.08. The number of nitrogens with zero attached hydrogens (tertiary/aromatic N) is 1. The maximum atomic E-state index is 11.7. The predicted molar refractivity (Wildman–Crippen MR) is 84.7 cm³/mol. The third-order valence-corrected chi connectivity index (χ3v) is 3.67. The van der Waals surface area contributed by atoms with E-state index in [-0.39, 0.29) is 12.0 Å². The number of ether oxygens (including phenoxy) is 1. The molecule has 0 saturated heterocycles. The summed E-state index contributed by atoms with van der Waals surface area (Å²) in [4.78, 5) is 15.9. The monoisotopic (exact) mass is 304 g/mol. The zero-order chi connectivity index (χ0) is 15.1. The summed E-state index contributed by atoms with van der Waals surface area (Å²) < 4.78 is 5.74. The van der Waals surface area contributed by atoms with Gasteiger partial charge < -0.3 is 10.1 Å². The third-order valence-electron chi connectivity index (χ3n) is 3.04. The van der Waals surface area contributed by atoms with Crippen molar-refractivity contribution in [3.63, 3.8) is 0 Å². The molecule has 2 aromatic rings. The number of aryl methyl sites for hydroxylation is 2. The first-order valence-corrected chi connectivity index (χ1v) is 7.95. The molecule has 0 spiro atoms. The van der Waals surface area contributed by atoms with Crippen LogP contribution in [0.25, 0.3) is 0 Å². The van der Waals surface area contributed by atoms with E-state index in [1.165, 1.54) is 5.56 Å². The standard InChI is InChI=1S/C16H20N2O2S/c1-12-3-6-15(7-4-12)20-13(2)9-17-16(19)8-5-14-10-21-11-18-14/h3-4,6-7,10-11,13H,5,8-9H2,1-2H3,(H,17,19)/t13-/m1/s1. The van der Waals surface area contributed by atoms with Gasteiger partial charge in [0.1, 0.15) is 11.9 Å². The second-order valence-electron chi connectivity index (χ2n) is 5.03. The van der Waals surface area contributed by atoms with Crippen LogP contribution in [0.15, 0.2) is 35.2 Å². The maximum Gasteiger partial charge on any atom is 0.220 e. The van der Waals surface area contributed by atoms with Crippen molar-refractivity contribution in [2.45, 2.75) is 32.8 Å². The average molecular weight is 304 g/mol. The predicted octanol–water partition coefficient (Wildman–Crippen LogP) is 2.97. The molecule has 1 amide bonds.